The average molecular weight is 402 g/mol. The smallest absolute Gasteiger partial charge is 0.324 e. The molecule has 4 amide bonds. The number of hydrogen-bond acceptors (Lipinski definition) is 6. The number of hydrazone groups is 1. The zero-order valence-corrected chi connectivity index (χ0v) is 17.0. The van der Waals surface area contributed by atoms with Crippen molar-refractivity contribution in [2.75, 3.05) is 6.54 Å². The average Bonchev–Trinajstić information content (AvgIpc) is 3.27. The van der Waals surface area contributed by atoms with Crippen LogP contribution in [0.5, 0.6) is 0 Å². The second kappa shape index (κ2) is 7.55. The molecule has 10 heteroatoms. The lowest BCUT2D eigenvalue weighted by atomic mass is 10.1. The Labute approximate surface area is 166 Å². The molecule has 2 N–H and O–H groups in total. The number of amides is 4. The monoisotopic (exact) mass is 402 g/mol. The van der Waals surface area contributed by atoms with Gasteiger partial charge in [0.2, 0.25) is 5.91 Å². The van der Waals surface area contributed by atoms with Crippen molar-refractivity contribution in [2.45, 2.75) is 39.7 Å². The minimum absolute atomic E-state index is 0.00795. The molecule has 9 nitrogen and oxygen atoms in total. The fraction of sp³-hybridized carbons (Fsp3) is 0.389. The summed E-state index contributed by atoms with van der Waals surface area (Å²) in [5.74, 6) is -0.723. The van der Waals surface area contributed by atoms with Gasteiger partial charge in [0.05, 0.1) is 6.21 Å². The van der Waals surface area contributed by atoms with Crippen LogP contribution in [0, 0.1) is 13.8 Å². The van der Waals surface area contributed by atoms with E-state index < -0.39 is 11.6 Å². The molecule has 1 aliphatic heterocycles. The Morgan fingerprint density at radius 3 is 2.75 bits per heavy atom. The number of imide groups is 1. The molecule has 28 heavy (non-hydrogen) atoms. The molecular formula is C18H22N6O3S. The maximum absolute atomic E-state index is 12.1. The van der Waals surface area contributed by atoms with E-state index in [1.165, 1.54) is 11.3 Å². The maximum atomic E-state index is 12.1. The highest BCUT2D eigenvalue weighted by atomic mass is 32.1. The second-order valence-electron chi connectivity index (χ2n) is 7.03. The molecule has 2 aromatic rings. The summed E-state index contributed by atoms with van der Waals surface area (Å²) in [6, 6.07) is 1.47. The number of carbonyl (C=O) groups is 3. The van der Waals surface area contributed by atoms with Crippen LogP contribution in [-0.4, -0.2) is 50.6 Å². The zero-order chi connectivity index (χ0) is 20.5. The molecule has 0 atom stereocenters. The summed E-state index contributed by atoms with van der Waals surface area (Å²) in [4.78, 5) is 41.3. The van der Waals surface area contributed by atoms with Gasteiger partial charge in [0.1, 0.15) is 5.54 Å². The Bertz CT molecular complexity index is 945. The minimum Gasteiger partial charge on any atom is -0.324 e. The number of carbonyl (C=O) groups excluding carboxylic acids is 3. The molecule has 3 rings (SSSR count). The minimum atomic E-state index is -0.939. The molecule has 0 bridgehead atoms. The van der Waals surface area contributed by atoms with E-state index >= 15 is 0 Å². The zero-order valence-electron chi connectivity index (χ0n) is 16.1. The molecule has 0 aliphatic carbocycles. The largest absolute Gasteiger partial charge is 0.325 e. The summed E-state index contributed by atoms with van der Waals surface area (Å²) >= 11 is 1.54. The van der Waals surface area contributed by atoms with Crippen LogP contribution in [0.2, 0.25) is 0 Å². The Hall–Kier alpha value is -3.01. The van der Waals surface area contributed by atoms with Crippen molar-refractivity contribution >= 4 is 35.4 Å². The predicted molar refractivity (Wildman–Crippen MR) is 106 cm³/mol. The Morgan fingerprint density at radius 1 is 1.39 bits per heavy atom. The SMILES string of the molecule is Cc1cc(/C=N\NC(=O)CCN2C(=O)NC(C)(C)C2=O)c(C)n1-c1nccs1. The molecule has 0 radical (unpaired) electrons. The van der Waals surface area contributed by atoms with Crippen molar-refractivity contribution in [1.29, 1.82) is 0 Å². The van der Waals surface area contributed by atoms with Crippen LogP contribution >= 0.6 is 11.3 Å². The highest BCUT2D eigenvalue weighted by Crippen LogP contribution is 2.21. The van der Waals surface area contributed by atoms with Crippen LogP contribution in [0.3, 0.4) is 0 Å². The normalized spacial score (nSPS) is 16.1. The lowest BCUT2D eigenvalue weighted by Gasteiger charge is -2.15. The number of hydrogen-bond donors (Lipinski definition) is 2. The van der Waals surface area contributed by atoms with E-state index in [9.17, 15) is 14.4 Å². The van der Waals surface area contributed by atoms with E-state index in [4.69, 9.17) is 0 Å². The molecule has 3 heterocycles. The first kappa shape index (κ1) is 19.7. The maximum Gasteiger partial charge on any atom is 0.325 e. The molecular weight excluding hydrogens is 380 g/mol. The molecule has 1 fully saturated rings. The van der Waals surface area contributed by atoms with Crippen LogP contribution in [0.1, 0.15) is 37.2 Å². The van der Waals surface area contributed by atoms with Gasteiger partial charge in [-0.2, -0.15) is 5.10 Å². The lowest BCUT2D eigenvalue weighted by Crippen LogP contribution is -2.40. The van der Waals surface area contributed by atoms with Gasteiger partial charge in [0.15, 0.2) is 5.13 Å². The summed E-state index contributed by atoms with van der Waals surface area (Å²) in [6.07, 6.45) is 3.30. The van der Waals surface area contributed by atoms with Crippen molar-refractivity contribution in [3.63, 3.8) is 0 Å². The van der Waals surface area contributed by atoms with Crippen molar-refractivity contribution in [3.05, 3.63) is 34.6 Å². The number of aromatic nitrogens is 2. The van der Waals surface area contributed by atoms with Gasteiger partial charge in [-0.05, 0) is 33.8 Å². The fourth-order valence-corrected chi connectivity index (χ4v) is 3.75. The molecule has 2 aromatic heterocycles. The fourth-order valence-electron chi connectivity index (χ4n) is 3.00. The summed E-state index contributed by atoms with van der Waals surface area (Å²) in [5, 5.41) is 9.35. The predicted octanol–water partition coefficient (Wildman–Crippen LogP) is 1.72. The molecule has 0 saturated carbocycles. The van der Waals surface area contributed by atoms with Gasteiger partial charge in [0, 0.05) is 41.5 Å². The van der Waals surface area contributed by atoms with Crippen molar-refractivity contribution in [2.24, 2.45) is 5.10 Å². The first-order valence-electron chi connectivity index (χ1n) is 8.75. The van der Waals surface area contributed by atoms with E-state index in [0.29, 0.717) is 0 Å². The highest BCUT2D eigenvalue weighted by Gasteiger charge is 2.43. The second-order valence-corrected chi connectivity index (χ2v) is 7.90. The molecule has 0 unspecified atom stereocenters. The first-order valence-corrected chi connectivity index (χ1v) is 9.63. The van der Waals surface area contributed by atoms with E-state index in [1.807, 2.05) is 29.9 Å². The van der Waals surface area contributed by atoms with Gasteiger partial charge in [0.25, 0.3) is 5.91 Å². The van der Waals surface area contributed by atoms with Crippen LogP contribution in [0.4, 0.5) is 4.79 Å². The third kappa shape index (κ3) is 3.81. The van der Waals surface area contributed by atoms with Crippen molar-refractivity contribution in [1.82, 2.24) is 25.2 Å². The standard InChI is InChI=1S/C18H22N6O3S/c1-11-9-13(12(2)24(11)17-19-6-8-28-17)10-20-22-14(25)5-7-23-15(26)18(3,4)21-16(23)27/h6,8-10H,5,7H2,1-4H3,(H,21,27)(H,22,25)/b20-10-. The molecule has 1 saturated heterocycles. The number of rotatable bonds is 6. The van der Waals surface area contributed by atoms with Crippen molar-refractivity contribution < 1.29 is 14.4 Å². The molecule has 0 aromatic carbocycles. The van der Waals surface area contributed by atoms with E-state index in [1.54, 1.807) is 26.3 Å². The van der Waals surface area contributed by atoms with Gasteiger partial charge >= 0.3 is 6.03 Å². The van der Waals surface area contributed by atoms with Gasteiger partial charge in [-0.25, -0.2) is 15.2 Å². The number of nitrogens with zero attached hydrogens (tertiary/aromatic N) is 4. The Morgan fingerprint density at radius 2 is 2.14 bits per heavy atom. The Kier molecular flexibility index (Phi) is 5.32. The van der Waals surface area contributed by atoms with Gasteiger partial charge in [-0.3, -0.25) is 19.1 Å². The van der Waals surface area contributed by atoms with Crippen molar-refractivity contribution in [3.8, 4) is 5.13 Å². The first-order chi connectivity index (χ1) is 13.2. The lowest BCUT2D eigenvalue weighted by molar-refractivity contribution is -0.130. The number of thiazole rings is 1. The summed E-state index contributed by atoms with van der Waals surface area (Å²) in [6.45, 7) is 7.19. The third-order valence-corrected chi connectivity index (χ3v) is 5.24. The number of aryl methyl sites for hydroxylation is 1. The quantitative estimate of drug-likeness (QED) is 0.436. The topological polar surface area (TPSA) is 109 Å². The van der Waals surface area contributed by atoms with Crippen LogP contribution in [0.25, 0.3) is 5.13 Å². The van der Waals surface area contributed by atoms with E-state index in [0.717, 1.165) is 27.0 Å². The summed E-state index contributed by atoms with van der Waals surface area (Å²) in [5.41, 5.74) is 4.34. The molecule has 1 aliphatic rings. The van der Waals surface area contributed by atoms with E-state index in [2.05, 4.69) is 20.8 Å². The van der Waals surface area contributed by atoms with Gasteiger partial charge in [-0.1, -0.05) is 0 Å². The van der Waals surface area contributed by atoms with Crippen LogP contribution < -0.4 is 10.7 Å². The van der Waals surface area contributed by atoms with Gasteiger partial charge < -0.3 is 5.32 Å². The highest BCUT2D eigenvalue weighted by molar-refractivity contribution is 7.12. The van der Waals surface area contributed by atoms with Crippen LogP contribution in [-0.2, 0) is 9.59 Å². The van der Waals surface area contributed by atoms with Gasteiger partial charge in [-0.15, -0.1) is 11.3 Å². The van der Waals surface area contributed by atoms with E-state index in [-0.39, 0.29) is 24.8 Å². The summed E-state index contributed by atoms with van der Waals surface area (Å²) in [7, 11) is 0. The number of nitrogens with one attached hydrogen (secondary N) is 2. The third-order valence-electron chi connectivity index (χ3n) is 4.48. The molecule has 0 spiro atoms. The number of urea groups is 1. The van der Waals surface area contributed by atoms with Crippen LogP contribution in [0.15, 0.2) is 22.7 Å². The molecule has 148 valence electrons. The summed E-state index contributed by atoms with van der Waals surface area (Å²) < 4.78 is 2.02. The Balaban J connectivity index is 1.57.